The van der Waals surface area contributed by atoms with Crippen molar-refractivity contribution < 1.29 is 32.8 Å². The van der Waals surface area contributed by atoms with Crippen molar-refractivity contribution in [3.05, 3.63) is 0 Å². The van der Waals surface area contributed by atoms with Crippen molar-refractivity contribution in [3.63, 3.8) is 0 Å². The SMILES string of the molecule is CCCCN1CC(O)C(O)C(O)C1CO.[Cl-]. The highest BCUT2D eigenvalue weighted by Crippen LogP contribution is 2.19. The molecule has 0 aromatic rings. The van der Waals surface area contributed by atoms with Gasteiger partial charge in [-0.1, -0.05) is 13.3 Å². The number of hydrogen-bond donors (Lipinski definition) is 4. The van der Waals surface area contributed by atoms with Gasteiger partial charge in [0.05, 0.1) is 18.8 Å². The number of β-amino-alcohol motifs (C(OH)–C–C–N with tert-alkyl or cyclic N) is 1. The predicted molar refractivity (Wildman–Crippen MR) is 55.4 cm³/mol. The third-order valence-corrected chi connectivity index (χ3v) is 3.01. The van der Waals surface area contributed by atoms with Crippen LogP contribution < -0.4 is 12.4 Å². The first-order valence-corrected chi connectivity index (χ1v) is 5.51. The Labute approximate surface area is 102 Å². The lowest BCUT2D eigenvalue weighted by Crippen LogP contribution is -3.00. The van der Waals surface area contributed by atoms with Crippen LogP contribution in [0.15, 0.2) is 0 Å². The van der Waals surface area contributed by atoms with Gasteiger partial charge in [-0.05, 0) is 13.0 Å². The Balaban J connectivity index is 0.00000225. The Morgan fingerprint density at radius 3 is 2.31 bits per heavy atom. The van der Waals surface area contributed by atoms with Gasteiger partial charge < -0.3 is 32.8 Å². The summed E-state index contributed by atoms with van der Waals surface area (Å²) in [5, 5.41) is 37.8. The fourth-order valence-electron chi connectivity index (χ4n) is 2.00. The third-order valence-electron chi connectivity index (χ3n) is 3.01. The Kier molecular flexibility index (Phi) is 7.46. The van der Waals surface area contributed by atoms with Crippen LogP contribution in [0.3, 0.4) is 0 Å². The maximum absolute atomic E-state index is 9.67. The first-order chi connectivity index (χ1) is 7.11. The number of piperidine rings is 1. The van der Waals surface area contributed by atoms with Crippen LogP contribution in [-0.4, -0.2) is 69.4 Å². The monoisotopic (exact) mass is 254 g/mol. The zero-order chi connectivity index (χ0) is 11.4. The number of nitrogens with zero attached hydrogens (tertiary/aromatic N) is 1. The van der Waals surface area contributed by atoms with Gasteiger partial charge in [-0.25, -0.2) is 0 Å². The van der Waals surface area contributed by atoms with E-state index in [-0.39, 0.29) is 19.0 Å². The van der Waals surface area contributed by atoms with Crippen LogP contribution in [0.4, 0.5) is 0 Å². The van der Waals surface area contributed by atoms with Gasteiger partial charge in [-0.15, -0.1) is 0 Å². The van der Waals surface area contributed by atoms with E-state index in [0.29, 0.717) is 6.54 Å². The predicted octanol–water partition coefficient (Wildman–Crippen LogP) is -4.45. The average molecular weight is 255 g/mol. The minimum absolute atomic E-state index is 0. The summed E-state index contributed by atoms with van der Waals surface area (Å²) in [4.78, 5) is 1.84. The van der Waals surface area contributed by atoms with E-state index in [9.17, 15) is 15.3 Å². The van der Waals surface area contributed by atoms with E-state index in [0.717, 1.165) is 19.4 Å². The Morgan fingerprint density at radius 2 is 1.81 bits per heavy atom. The van der Waals surface area contributed by atoms with Gasteiger partial charge in [0.2, 0.25) is 0 Å². The lowest BCUT2D eigenvalue weighted by atomic mass is 9.94. The van der Waals surface area contributed by atoms with Gasteiger partial charge in [0, 0.05) is 6.54 Å². The van der Waals surface area contributed by atoms with E-state index < -0.39 is 24.4 Å². The van der Waals surface area contributed by atoms with Gasteiger partial charge in [-0.2, -0.15) is 0 Å². The summed E-state index contributed by atoms with van der Waals surface area (Å²) in [6.07, 6.45) is -1.19. The molecule has 4 unspecified atom stereocenters. The van der Waals surface area contributed by atoms with Crippen molar-refractivity contribution in [1.82, 2.24) is 4.90 Å². The molecule has 1 fully saturated rings. The molecule has 0 aromatic heterocycles. The van der Waals surface area contributed by atoms with Crippen LogP contribution in [0, 0.1) is 0 Å². The molecule has 0 spiro atoms. The third kappa shape index (κ3) is 3.55. The Bertz CT molecular complexity index is 196. The first-order valence-electron chi connectivity index (χ1n) is 5.51. The van der Waals surface area contributed by atoms with Crippen molar-refractivity contribution in [2.24, 2.45) is 0 Å². The second-order valence-corrected chi connectivity index (χ2v) is 4.15. The molecule has 1 aliphatic rings. The number of unbranched alkanes of at least 4 members (excludes halogenated alkanes) is 1. The lowest BCUT2D eigenvalue weighted by Gasteiger charge is -2.43. The molecule has 1 heterocycles. The minimum atomic E-state index is -1.15. The van der Waals surface area contributed by atoms with Gasteiger partial charge in [-0.3, -0.25) is 4.90 Å². The average Bonchev–Trinajstić information content (AvgIpc) is 2.23. The molecular formula is C10H21ClNO4-. The second-order valence-electron chi connectivity index (χ2n) is 4.15. The topological polar surface area (TPSA) is 84.2 Å². The van der Waals surface area contributed by atoms with Gasteiger partial charge in [0.15, 0.2) is 0 Å². The molecule has 1 saturated heterocycles. The highest BCUT2D eigenvalue weighted by atomic mass is 35.5. The van der Waals surface area contributed by atoms with Crippen LogP contribution in [0.25, 0.3) is 0 Å². The van der Waals surface area contributed by atoms with E-state index in [4.69, 9.17) is 5.11 Å². The lowest BCUT2D eigenvalue weighted by molar-refractivity contribution is -0.145. The molecule has 0 radical (unpaired) electrons. The summed E-state index contributed by atoms with van der Waals surface area (Å²) >= 11 is 0. The largest absolute Gasteiger partial charge is 1.00 e. The number of rotatable bonds is 4. The standard InChI is InChI=1S/C10H21NO4.ClH/c1-2-3-4-11-5-8(13)10(15)9(14)7(11)6-12;/h7-10,12-15H,2-6H2,1H3;1H/p-1. The number of aliphatic hydroxyl groups is 4. The van der Waals surface area contributed by atoms with Crippen LogP contribution in [0.5, 0.6) is 0 Å². The van der Waals surface area contributed by atoms with Crippen molar-refractivity contribution in [3.8, 4) is 0 Å². The second kappa shape index (κ2) is 7.42. The van der Waals surface area contributed by atoms with Gasteiger partial charge >= 0.3 is 0 Å². The Morgan fingerprint density at radius 1 is 1.19 bits per heavy atom. The molecule has 0 bridgehead atoms. The van der Waals surface area contributed by atoms with E-state index >= 15 is 0 Å². The quantitative estimate of drug-likeness (QED) is 0.407. The number of likely N-dealkylation sites (tertiary alicyclic amines) is 1. The normalized spacial score (nSPS) is 35.8. The smallest absolute Gasteiger partial charge is 0.109 e. The zero-order valence-electron chi connectivity index (χ0n) is 9.46. The van der Waals surface area contributed by atoms with Crippen LogP contribution in [0.1, 0.15) is 19.8 Å². The summed E-state index contributed by atoms with van der Waals surface area (Å²) in [5.74, 6) is 0. The maximum atomic E-state index is 9.67. The van der Waals surface area contributed by atoms with Gasteiger partial charge in [0.25, 0.3) is 0 Å². The van der Waals surface area contributed by atoms with Gasteiger partial charge in [0.1, 0.15) is 12.2 Å². The zero-order valence-corrected chi connectivity index (χ0v) is 10.2. The summed E-state index contributed by atoms with van der Waals surface area (Å²) in [6, 6.07) is -0.463. The van der Waals surface area contributed by atoms with Crippen molar-refractivity contribution in [2.45, 2.75) is 44.1 Å². The fourth-order valence-corrected chi connectivity index (χ4v) is 2.00. The molecular weight excluding hydrogens is 234 g/mol. The van der Waals surface area contributed by atoms with Crippen molar-refractivity contribution in [2.75, 3.05) is 19.7 Å². The van der Waals surface area contributed by atoms with Crippen LogP contribution in [0.2, 0.25) is 0 Å². The summed E-state index contributed by atoms with van der Waals surface area (Å²) in [7, 11) is 0. The van der Waals surface area contributed by atoms with E-state index in [1.54, 1.807) is 0 Å². The number of hydrogen-bond acceptors (Lipinski definition) is 5. The molecule has 4 atom stereocenters. The molecule has 1 rings (SSSR count). The molecule has 0 aliphatic carbocycles. The number of aliphatic hydroxyl groups excluding tert-OH is 4. The number of halogens is 1. The highest BCUT2D eigenvalue weighted by molar-refractivity contribution is 4.93. The molecule has 5 nitrogen and oxygen atoms in total. The van der Waals surface area contributed by atoms with Crippen molar-refractivity contribution in [1.29, 1.82) is 0 Å². The molecule has 16 heavy (non-hydrogen) atoms. The molecule has 1 aliphatic heterocycles. The molecule has 98 valence electrons. The molecule has 6 heteroatoms. The highest BCUT2D eigenvalue weighted by Gasteiger charge is 2.40. The first kappa shape index (κ1) is 16.1. The molecule has 0 aromatic carbocycles. The summed E-state index contributed by atoms with van der Waals surface area (Å²) in [5.41, 5.74) is 0. The Hall–Kier alpha value is 0.0900. The van der Waals surface area contributed by atoms with Crippen LogP contribution >= 0.6 is 0 Å². The maximum Gasteiger partial charge on any atom is 0.109 e. The fraction of sp³-hybridized carbons (Fsp3) is 1.00. The van der Waals surface area contributed by atoms with E-state index in [1.807, 2.05) is 4.90 Å². The van der Waals surface area contributed by atoms with Crippen molar-refractivity contribution >= 4 is 0 Å². The molecule has 0 saturated carbocycles. The molecule has 4 N–H and O–H groups in total. The van der Waals surface area contributed by atoms with E-state index in [2.05, 4.69) is 6.92 Å². The van der Waals surface area contributed by atoms with E-state index in [1.165, 1.54) is 0 Å². The summed E-state index contributed by atoms with van der Waals surface area (Å²) < 4.78 is 0. The van der Waals surface area contributed by atoms with Crippen LogP contribution in [-0.2, 0) is 0 Å². The minimum Gasteiger partial charge on any atom is -1.00 e. The molecule has 0 amide bonds. The summed E-state index contributed by atoms with van der Waals surface area (Å²) in [6.45, 7) is 2.89.